The first-order valence-corrected chi connectivity index (χ1v) is 7.44. The first-order chi connectivity index (χ1) is 8.52. The van der Waals surface area contributed by atoms with Crippen molar-refractivity contribution in [3.8, 4) is 0 Å². The first-order valence-electron chi connectivity index (χ1n) is 7.44. The Bertz CT molecular complexity index is 341. The van der Waals surface area contributed by atoms with Crippen LogP contribution in [0.3, 0.4) is 0 Å². The molecule has 0 saturated carbocycles. The predicted molar refractivity (Wildman–Crippen MR) is 79.4 cm³/mol. The minimum atomic E-state index is -0.369. The van der Waals surface area contributed by atoms with E-state index in [9.17, 15) is 4.79 Å². The van der Waals surface area contributed by atoms with Crippen LogP contribution in [-0.4, -0.2) is 41.5 Å². The van der Waals surface area contributed by atoms with Crippen molar-refractivity contribution in [2.75, 3.05) is 14.1 Å². The summed E-state index contributed by atoms with van der Waals surface area (Å²) in [7, 11) is 4.03. The van der Waals surface area contributed by atoms with Gasteiger partial charge in [0.25, 0.3) is 0 Å². The minimum Gasteiger partial charge on any atom is -0.369 e. The van der Waals surface area contributed by atoms with Crippen molar-refractivity contribution in [3.05, 3.63) is 0 Å². The van der Waals surface area contributed by atoms with E-state index < -0.39 is 0 Å². The van der Waals surface area contributed by atoms with Gasteiger partial charge in [0.1, 0.15) is 0 Å². The van der Waals surface area contributed by atoms with Gasteiger partial charge in [-0.25, -0.2) is 0 Å². The van der Waals surface area contributed by atoms with E-state index in [1.54, 1.807) is 0 Å². The van der Waals surface area contributed by atoms with Crippen molar-refractivity contribution in [1.82, 2.24) is 4.90 Å². The molecule has 3 heteroatoms. The van der Waals surface area contributed by atoms with E-state index in [1.165, 1.54) is 0 Å². The molecule has 0 radical (unpaired) electrons. The SMILES string of the molecule is CCC(CC)(C(=O)C1CC(C)(C)OC1(C)C)N(C)C. The van der Waals surface area contributed by atoms with Gasteiger partial charge in [-0.05, 0) is 61.1 Å². The monoisotopic (exact) mass is 269 g/mol. The highest BCUT2D eigenvalue weighted by atomic mass is 16.5. The first kappa shape index (κ1) is 16.6. The van der Waals surface area contributed by atoms with Gasteiger partial charge in [-0.2, -0.15) is 0 Å². The number of ketones is 1. The number of Topliss-reactive ketones (excluding diaryl/α,β-unsaturated/α-hetero) is 1. The van der Waals surface area contributed by atoms with Crippen LogP contribution in [0.1, 0.15) is 60.8 Å². The molecule has 0 aliphatic carbocycles. The van der Waals surface area contributed by atoms with Crippen LogP contribution in [0.15, 0.2) is 0 Å². The zero-order valence-corrected chi connectivity index (χ0v) is 14.0. The van der Waals surface area contributed by atoms with E-state index in [0.717, 1.165) is 19.3 Å². The Morgan fingerprint density at radius 2 is 1.68 bits per heavy atom. The zero-order chi connectivity index (χ0) is 15.1. The maximum atomic E-state index is 13.2. The molecule has 112 valence electrons. The van der Waals surface area contributed by atoms with Crippen molar-refractivity contribution in [2.45, 2.75) is 77.5 Å². The fourth-order valence-corrected chi connectivity index (χ4v) is 3.75. The Balaban J connectivity index is 3.12. The van der Waals surface area contributed by atoms with Crippen LogP contribution in [0, 0.1) is 5.92 Å². The van der Waals surface area contributed by atoms with E-state index in [2.05, 4.69) is 46.4 Å². The summed E-state index contributed by atoms with van der Waals surface area (Å²) in [5, 5.41) is 0. The average Bonchev–Trinajstić information content (AvgIpc) is 2.48. The normalized spacial score (nSPS) is 25.8. The molecule has 0 aromatic heterocycles. The molecular formula is C16H31NO2. The molecule has 0 aromatic rings. The molecule has 0 bridgehead atoms. The Hall–Kier alpha value is -0.410. The Morgan fingerprint density at radius 3 is 1.95 bits per heavy atom. The van der Waals surface area contributed by atoms with Crippen molar-refractivity contribution in [2.24, 2.45) is 5.92 Å². The smallest absolute Gasteiger partial charge is 0.159 e. The molecule has 1 atom stereocenters. The van der Waals surface area contributed by atoms with E-state index in [-0.39, 0.29) is 22.7 Å². The molecule has 0 spiro atoms. The van der Waals surface area contributed by atoms with Gasteiger partial charge in [-0.1, -0.05) is 13.8 Å². The second-order valence-corrected chi connectivity index (χ2v) is 7.22. The van der Waals surface area contributed by atoms with Gasteiger partial charge >= 0.3 is 0 Å². The Kier molecular flexibility index (Phi) is 4.53. The summed E-state index contributed by atoms with van der Waals surface area (Å²) >= 11 is 0. The summed E-state index contributed by atoms with van der Waals surface area (Å²) in [5.74, 6) is 0.322. The predicted octanol–water partition coefficient (Wildman–Crippen LogP) is 3.27. The molecular weight excluding hydrogens is 238 g/mol. The molecule has 1 aliphatic rings. The van der Waals surface area contributed by atoms with E-state index in [0.29, 0.717) is 5.78 Å². The molecule has 1 heterocycles. The van der Waals surface area contributed by atoms with Gasteiger partial charge < -0.3 is 4.74 Å². The lowest BCUT2D eigenvalue weighted by Gasteiger charge is -2.41. The fraction of sp³-hybridized carbons (Fsp3) is 0.938. The van der Waals surface area contributed by atoms with Crippen molar-refractivity contribution in [1.29, 1.82) is 0 Å². The topological polar surface area (TPSA) is 29.5 Å². The summed E-state index contributed by atoms with van der Waals surface area (Å²) in [5.41, 5.74) is -0.929. The molecule has 0 aromatic carbocycles. The van der Waals surface area contributed by atoms with Gasteiger partial charge in [0.05, 0.1) is 22.7 Å². The molecule has 1 aliphatic heterocycles. The number of hydrogen-bond donors (Lipinski definition) is 0. The van der Waals surface area contributed by atoms with E-state index >= 15 is 0 Å². The van der Waals surface area contributed by atoms with Crippen molar-refractivity contribution >= 4 is 5.78 Å². The highest BCUT2D eigenvalue weighted by Crippen LogP contribution is 2.45. The minimum absolute atomic E-state index is 0.0233. The number of hydrogen-bond acceptors (Lipinski definition) is 3. The molecule has 1 saturated heterocycles. The lowest BCUT2D eigenvalue weighted by molar-refractivity contribution is -0.140. The van der Waals surface area contributed by atoms with Crippen LogP contribution in [0.2, 0.25) is 0 Å². The lowest BCUT2D eigenvalue weighted by Crippen LogP contribution is -2.55. The third-order valence-electron chi connectivity index (χ3n) is 4.88. The molecule has 1 fully saturated rings. The standard InChI is InChI=1S/C16H31NO2/c1-9-16(10-2,17(7)8)13(18)12-11-14(3,4)19-15(12,5)6/h12H,9-11H2,1-8H3. The summed E-state index contributed by atoms with van der Waals surface area (Å²) in [6.45, 7) is 12.5. The Morgan fingerprint density at radius 1 is 1.21 bits per heavy atom. The van der Waals surface area contributed by atoms with E-state index in [1.807, 2.05) is 14.1 Å². The molecule has 0 amide bonds. The number of rotatable bonds is 5. The van der Waals surface area contributed by atoms with Crippen LogP contribution in [0.5, 0.6) is 0 Å². The second kappa shape index (κ2) is 5.17. The lowest BCUT2D eigenvalue weighted by atomic mass is 9.73. The van der Waals surface area contributed by atoms with Gasteiger partial charge in [0, 0.05) is 0 Å². The van der Waals surface area contributed by atoms with E-state index in [4.69, 9.17) is 4.74 Å². The second-order valence-electron chi connectivity index (χ2n) is 7.22. The quantitative estimate of drug-likeness (QED) is 0.767. The van der Waals surface area contributed by atoms with Crippen molar-refractivity contribution in [3.63, 3.8) is 0 Å². The van der Waals surface area contributed by atoms with Gasteiger partial charge in [-0.15, -0.1) is 0 Å². The van der Waals surface area contributed by atoms with Crippen LogP contribution < -0.4 is 0 Å². The van der Waals surface area contributed by atoms with Crippen LogP contribution in [-0.2, 0) is 9.53 Å². The molecule has 19 heavy (non-hydrogen) atoms. The number of carbonyl (C=O) groups is 1. The molecule has 0 N–H and O–H groups in total. The van der Waals surface area contributed by atoms with Crippen LogP contribution in [0.25, 0.3) is 0 Å². The third-order valence-corrected chi connectivity index (χ3v) is 4.88. The molecule has 1 unspecified atom stereocenters. The maximum Gasteiger partial charge on any atom is 0.159 e. The molecule has 3 nitrogen and oxygen atoms in total. The van der Waals surface area contributed by atoms with Crippen LogP contribution >= 0.6 is 0 Å². The van der Waals surface area contributed by atoms with Crippen molar-refractivity contribution < 1.29 is 9.53 Å². The fourth-order valence-electron chi connectivity index (χ4n) is 3.75. The van der Waals surface area contributed by atoms with Crippen LogP contribution in [0.4, 0.5) is 0 Å². The summed E-state index contributed by atoms with van der Waals surface area (Å²) in [6.07, 6.45) is 2.51. The highest BCUT2D eigenvalue weighted by Gasteiger charge is 2.54. The summed E-state index contributed by atoms with van der Waals surface area (Å²) < 4.78 is 6.09. The average molecular weight is 269 g/mol. The largest absolute Gasteiger partial charge is 0.369 e. The number of ether oxygens (including phenoxy) is 1. The number of likely N-dealkylation sites (N-methyl/N-ethyl adjacent to an activating group) is 1. The summed E-state index contributed by atoms with van der Waals surface area (Å²) in [4.78, 5) is 15.2. The highest BCUT2D eigenvalue weighted by molar-refractivity contribution is 5.91. The zero-order valence-electron chi connectivity index (χ0n) is 14.0. The van der Waals surface area contributed by atoms with Gasteiger partial charge in [0.15, 0.2) is 5.78 Å². The number of carbonyl (C=O) groups excluding carboxylic acids is 1. The molecule has 1 rings (SSSR count). The summed E-state index contributed by atoms with van der Waals surface area (Å²) in [6, 6.07) is 0. The third kappa shape index (κ3) is 2.87. The van der Waals surface area contributed by atoms with Gasteiger partial charge in [-0.3, -0.25) is 9.69 Å². The number of nitrogens with zero attached hydrogens (tertiary/aromatic N) is 1. The maximum absolute atomic E-state index is 13.2. The Labute approximate surface area is 118 Å². The van der Waals surface area contributed by atoms with Gasteiger partial charge in [0.2, 0.25) is 0 Å².